The molecule has 0 spiro atoms. The Bertz CT molecular complexity index is 1100. The van der Waals surface area contributed by atoms with E-state index in [1.54, 1.807) is 24.3 Å². The number of aryl methyl sites for hydroxylation is 2. The minimum Gasteiger partial charge on any atom is -0.475 e. The van der Waals surface area contributed by atoms with Crippen molar-refractivity contribution in [2.75, 3.05) is 11.3 Å². The molecule has 148 valence electrons. The summed E-state index contributed by atoms with van der Waals surface area (Å²) in [6.07, 6.45) is 0.949. The molecule has 0 amide bonds. The summed E-state index contributed by atoms with van der Waals surface area (Å²) < 4.78 is 34.2. The van der Waals surface area contributed by atoms with Gasteiger partial charge < -0.3 is 4.74 Å². The first kappa shape index (κ1) is 20.1. The van der Waals surface area contributed by atoms with Gasteiger partial charge in [0.1, 0.15) is 0 Å². The fraction of sp³-hybridized carbons (Fsp3) is 0.333. The molecule has 0 radical (unpaired) electrons. The average Bonchev–Trinajstić information content (AvgIpc) is 2.67. The van der Waals surface area contributed by atoms with Gasteiger partial charge in [0.05, 0.1) is 22.5 Å². The Balaban J connectivity index is 2.00. The van der Waals surface area contributed by atoms with Gasteiger partial charge in [-0.2, -0.15) is 0 Å². The van der Waals surface area contributed by atoms with E-state index in [2.05, 4.69) is 28.5 Å². The van der Waals surface area contributed by atoms with Gasteiger partial charge in [-0.1, -0.05) is 38.5 Å². The molecule has 3 aromatic rings. The lowest BCUT2D eigenvalue weighted by Gasteiger charge is -2.15. The van der Waals surface area contributed by atoms with Gasteiger partial charge in [-0.05, 0) is 55.2 Å². The molecular weight excluding hydrogens is 374 g/mol. The lowest BCUT2D eigenvalue weighted by Crippen LogP contribution is -2.17. The smallest absolute Gasteiger partial charge is 0.263 e. The third kappa shape index (κ3) is 4.42. The number of para-hydroxylation sites is 2. The molecule has 3 rings (SSSR count). The zero-order valence-electron chi connectivity index (χ0n) is 16.6. The Morgan fingerprint density at radius 2 is 1.71 bits per heavy atom. The molecule has 1 aromatic heterocycles. The maximum Gasteiger partial charge on any atom is 0.263 e. The SMILES string of the molecule is CCC(C)COc1nc2ccccc2nc1NS(=O)(=O)c1ccc(C)c(C)c1. The topological polar surface area (TPSA) is 81.2 Å². The van der Waals surface area contributed by atoms with Crippen LogP contribution in [0.15, 0.2) is 47.4 Å². The molecule has 0 aliphatic rings. The van der Waals surface area contributed by atoms with Gasteiger partial charge in [-0.15, -0.1) is 0 Å². The number of nitrogens with one attached hydrogen (secondary N) is 1. The van der Waals surface area contributed by atoms with Crippen LogP contribution in [-0.2, 0) is 10.0 Å². The van der Waals surface area contributed by atoms with Crippen LogP contribution >= 0.6 is 0 Å². The third-order valence-electron chi connectivity index (χ3n) is 4.76. The fourth-order valence-corrected chi connectivity index (χ4v) is 3.64. The predicted octanol–water partition coefficient (Wildman–Crippen LogP) is 4.47. The molecule has 0 aliphatic carbocycles. The summed E-state index contributed by atoms with van der Waals surface area (Å²) in [5.41, 5.74) is 3.18. The lowest BCUT2D eigenvalue weighted by atomic mass is 10.1. The zero-order valence-corrected chi connectivity index (χ0v) is 17.4. The van der Waals surface area contributed by atoms with E-state index in [0.717, 1.165) is 17.5 Å². The summed E-state index contributed by atoms with van der Waals surface area (Å²) in [6.45, 7) is 8.39. The molecule has 0 fully saturated rings. The molecule has 0 bridgehead atoms. The lowest BCUT2D eigenvalue weighted by molar-refractivity contribution is 0.249. The summed E-state index contributed by atoms with van der Waals surface area (Å²) in [5.74, 6) is 0.601. The predicted molar refractivity (Wildman–Crippen MR) is 111 cm³/mol. The van der Waals surface area contributed by atoms with Gasteiger partial charge in [-0.25, -0.2) is 18.4 Å². The number of benzene rings is 2. The molecule has 0 aliphatic heterocycles. The zero-order chi connectivity index (χ0) is 20.3. The average molecular weight is 400 g/mol. The van der Waals surface area contributed by atoms with Crippen LogP contribution < -0.4 is 9.46 Å². The highest BCUT2D eigenvalue weighted by Gasteiger charge is 2.20. The van der Waals surface area contributed by atoms with E-state index < -0.39 is 10.0 Å². The number of ether oxygens (including phenoxy) is 1. The normalized spacial score (nSPS) is 12.7. The van der Waals surface area contributed by atoms with Crippen molar-refractivity contribution >= 4 is 26.9 Å². The molecule has 1 heterocycles. The Morgan fingerprint density at radius 3 is 2.36 bits per heavy atom. The van der Waals surface area contributed by atoms with Crippen molar-refractivity contribution in [2.45, 2.75) is 39.0 Å². The van der Waals surface area contributed by atoms with E-state index in [-0.39, 0.29) is 16.6 Å². The van der Waals surface area contributed by atoms with Gasteiger partial charge in [0.2, 0.25) is 5.82 Å². The fourth-order valence-electron chi connectivity index (χ4n) is 2.56. The van der Waals surface area contributed by atoms with E-state index in [4.69, 9.17) is 4.74 Å². The van der Waals surface area contributed by atoms with E-state index >= 15 is 0 Å². The number of nitrogens with zero attached hydrogens (tertiary/aromatic N) is 2. The highest BCUT2D eigenvalue weighted by molar-refractivity contribution is 7.92. The summed E-state index contributed by atoms with van der Waals surface area (Å²) in [4.78, 5) is 9.11. The van der Waals surface area contributed by atoms with Crippen LogP contribution in [-0.4, -0.2) is 25.0 Å². The van der Waals surface area contributed by atoms with E-state index in [1.165, 1.54) is 0 Å². The van der Waals surface area contributed by atoms with Crippen LogP contribution in [0.5, 0.6) is 5.88 Å². The maximum absolute atomic E-state index is 12.9. The van der Waals surface area contributed by atoms with Gasteiger partial charge in [0.25, 0.3) is 15.9 Å². The second-order valence-corrected chi connectivity index (χ2v) is 8.72. The monoisotopic (exact) mass is 399 g/mol. The molecule has 1 atom stereocenters. The maximum atomic E-state index is 12.9. The van der Waals surface area contributed by atoms with Crippen molar-refractivity contribution in [2.24, 2.45) is 5.92 Å². The molecule has 0 saturated carbocycles. The Morgan fingerprint density at radius 1 is 1.04 bits per heavy atom. The summed E-state index contributed by atoms with van der Waals surface area (Å²) in [7, 11) is -3.82. The number of sulfonamides is 1. The largest absolute Gasteiger partial charge is 0.475 e. The van der Waals surface area contributed by atoms with Crippen LogP contribution in [0.3, 0.4) is 0 Å². The molecular formula is C21H25N3O3S. The van der Waals surface area contributed by atoms with Crippen LogP contribution in [0.25, 0.3) is 11.0 Å². The van der Waals surface area contributed by atoms with Crippen molar-refractivity contribution in [1.82, 2.24) is 9.97 Å². The van der Waals surface area contributed by atoms with E-state index in [0.29, 0.717) is 23.6 Å². The van der Waals surface area contributed by atoms with Gasteiger partial charge >= 0.3 is 0 Å². The van der Waals surface area contributed by atoms with Crippen molar-refractivity contribution < 1.29 is 13.2 Å². The standard InChI is InChI=1S/C21H25N3O3S/c1-5-14(2)13-27-21-20(22-18-8-6-7-9-19(18)23-21)24-28(25,26)17-11-10-15(3)16(4)12-17/h6-12,14H,5,13H2,1-4H3,(H,22,24). The van der Waals surface area contributed by atoms with Crippen molar-refractivity contribution in [3.8, 4) is 5.88 Å². The minimum atomic E-state index is -3.82. The van der Waals surface area contributed by atoms with Crippen LogP contribution in [0.1, 0.15) is 31.4 Å². The second-order valence-electron chi connectivity index (χ2n) is 7.04. The minimum absolute atomic E-state index is 0.0974. The molecule has 7 heteroatoms. The first-order valence-corrected chi connectivity index (χ1v) is 10.8. The van der Waals surface area contributed by atoms with Gasteiger partial charge in [-0.3, -0.25) is 4.72 Å². The number of hydrogen-bond acceptors (Lipinski definition) is 5. The van der Waals surface area contributed by atoms with Crippen LogP contribution in [0, 0.1) is 19.8 Å². The quantitative estimate of drug-likeness (QED) is 0.634. The third-order valence-corrected chi connectivity index (χ3v) is 6.10. The number of fused-ring (bicyclic) bond motifs is 1. The highest BCUT2D eigenvalue weighted by atomic mass is 32.2. The molecule has 2 aromatic carbocycles. The molecule has 0 saturated heterocycles. The summed E-state index contributed by atoms with van der Waals surface area (Å²) in [5, 5.41) is 0. The summed E-state index contributed by atoms with van der Waals surface area (Å²) >= 11 is 0. The van der Waals surface area contributed by atoms with Crippen molar-refractivity contribution in [3.63, 3.8) is 0 Å². The first-order valence-electron chi connectivity index (χ1n) is 9.30. The number of rotatable bonds is 7. The van der Waals surface area contributed by atoms with Gasteiger partial charge in [0.15, 0.2) is 0 Å². The first-order chi connectivity index (χ1) is 13.3. The molecule has 1 unspecified atom stereocenters. The molecule has 28 heavy (non-hydrogen) atoms. The van der Waals surface area contributed by atoms with Crippen molar-refractivity contribution in [3.05, 3.63) is 53.6 Å². The number of anilines is 1. The number of hydrogen-bond donors (Lipinski definition) is 1. The van der Waals surface area contributed by atoms with Gasteiger partial charge in [0, 0.05) is 0 Å². The number of aromatic nitrogens is 2. The Kier molecular flexibility index (Phi) is 5.84. The van der Waals surface area contributed by atoms with E-state index in [9.17, 15) is 8.42 Å². The van der Waals surface area contributed by atoms with Crippen molar-refractivity contribution in [1.29, 1.82) is 0 Å². The second kappa shape index (κ2) is 8.14. The van der Waals surface area contributed by atoms with Crippen LogP contribution in [0.4, 0.5) is 5.82 Å². The van der Waals surface area contributed by atoms with E-state index in [1.807, 2.05) is 32.0 Å². The molecule has 6 nitrogen and oxygen atoms in total. The summed E-state index contributed by atoms with van der Waals surface area (Å²) in [6, 6.07) is 12.3. The van der Waals surface area contributed by atoms with Crippen LogP contribution in [0.2, 0.25) is 0 Å². The Labute approximate surface area is 166 Å². The molecule has 1 N–H and O–H groups in total. The Hall–Kier alpha value is -2.67. The highest BCUT2D eigenvalue weighted by Crippen LogP contribution is 2.27.